The molecule has 1 atom stereocenters. The molecule has 0 amide bonds. The summed E-state index contributed by atoms with van der Waals surface area (Å²) in [5.41, 5.74) is 1.48. The summed E-state index contributed by atoms with van der Waals surface area (Å²) in [6, 6.07) is 11.6. The molecule has 1 unspecified atom stereocenters. The van der Waals surface area contributed by atoms with Gasteiger partial charge in [0.1, 0.15) is 0 Å². The zero-order chi connectivity index (χ0) is 12.6. The SMILES string of the molecule is CCN(CCCCc1ccccc1)C1CCNC1. The van der Waals surface area contributed by atoms with E-state index in [1.165, 1.54) is 57.4 Å². The molecule has 0 bridgehead atoms. The number of hydrogen-bond donors (Lipinski definition) is 1. The zero-order valence-electron chi connectivity index (χ0n) is 11.6. The Hall–Kier alpha value is -0.860. The van der Waals surface area contributed by atoms with Gasteiger partial charge in [-0.05, 0) is 50.9 Å². The van der Waals surface area contributed by atoms with Crippen LogP contribution in [-0.2, 0) is 6.42 Å². The molecule has 2 rings (SSSR count). The highest BCUT2D eigenvalue weighted by molar-refractivity contribution is 5.14. The fourth-order valence-corrected chi connectivity index (χ4v) is 2.84. The molecule has 2 heteroatoms. The third-order valence-electron chi connectivity index (χ3n) is 3.96. The Balaban J connectivity index is 1.64. The lowest BCUT2D eigenvalue weighted by molar-refractivity contribution is 0.215. The summed E-state index contributed by atoms with van der Waals surface area (Å²) in [7, 11) is 0. The van der Waals surface area contributed by atoms with Crippen molar-refractivity contribution in [1.82, 2.24) is 10.2 Å². The monoisotopic (exact) mass is 246 g/mol. The number of hydrogen-bond acceptors (Lipinski definition) is 2. The summed E-state index contributed by atoms with van der Waals surface area (Å²) >= 11 is 0. The van der Waals surface area contributed by atoms with Crippen molar-refractivity contribution in [1.29, 1.82) is 0 Å². The highest BCUT2D eigenvalue weighted by Crippen LogP contribution is 2.11. The van der Waals surface area contributed by atoms with E-state index in [2.05, 4.69) is 47.5 Å². The molecule has 18 heavy (non-hydrogen) atoms. The molecule has 0 spiro atoms. The molecule has 0 aromatic heterocycles. The highest BCUT2D eigenvalue weighted by Gasteiger charge is 2.20. The Morgan fingerprint density at radius 1 is 1.22 bits per heavy atom. The van der Waals surface area contributed by atoms with Crippen molar-refractivity contribution in [3.05, 3.63) is 35.9 Å². The van der Waals surface area contributed by atoms with E-state index in [0.29, 0.717) is 0 Å². The fourth-order valence-electron chi connectivity index (χ4n) is 2.84. The summed E-state index contributed by atoms with van der Waals surface area (Å²) < 4.78 is 0. The molecule has 1 aliphatic rings. The molecule has 100 valence electrons. The van der Waals surface area contributed by atoms with E-state index < -0.39 is 0 Å². The number of nitrogens with zero attached hydrogens (tertiary/aromatic N) is 1. The third-order valence-corrected chi connectivity index (χ3v) is 3.96. The van der Waals surface area contributed by atoms with E-state index in [9.17, 15) is 0 Å². The van der Waals surface area contributed by atoms with E-state index in [1.54, 1.807) is 0 Å². The molecule has 1 aromatic rings. The topological polar surface area (TPSA) is 15.3 Å². The average Bonchev–Trinajstić information content (AvgIpc) is 2.94. The number of rotatable bonds is 7. The van der Waals surface area contributed by atoms with Crippen LogP contribution in [0.4, 0.5) is 0 Å². The van der Waals surface area contributed by atoms with Gasteiger partial charge in [-0.15, -0.1) is 0 Å². The molecule has 1 saturated heterocycles. The minimum absolute atomic E-state index is 0.784. The Morgan fingerprint density at radius 2 is 2.06 bits per heavy atom. The fraction of sp³-hybridized carbons (Fsp3) is 0.625. The second-order valence-electron chi connectivity index (χ2n) is 5.22. The summed E-state index contributed by atoms with van der Waals surface area (Å²) in [5.74, 6) is 0. The summed E-state index contributed by atoms with van der Waals surface area (Å²) in [6.07, 6.45) is 5.17. The first kappa shape index (κ1) is 13.6. The van der Waals surface area contributed by atoms with Gasteiger partial charge >= 0.3 is 0 Å². The standard InChI is InChI=1S/C16H26N2/c1-2-18(16-11-12-17-14-16)13-7-6-10-15-8-4-3-5-9-15/h3-5,8-9,16-17H,2,6-7,10-14H2,1H3. The number of nitrogens with one attached hydrogen (secondary N) is 1. The second-order valence-corrected chi connectivity index (χ2v) is 5.22. The molecule has 0 aliphatic carbocycles. The molecule has 1 fully saturated rings. The predicted octanol–water partition coefficient (Wildman–Crippen LogP) is 2.69. The van der Waals surface area contributed by atoms with Crippen molar-refractivity contribution in [2.75, 3.05) is 26.2 Å². The van der Waals surface area contributed by atoms with Gasteiger partial charge in [0.15, 0.2) is 0 Å². The molecule has 0 saturated carbocycles. The van der Waals surface area contributed by atoms with Crippen LogP contribution in [0.15, 0.2) is 30.3 Å². The lowest BCUT2D eigenvalue weighted by atomic mass is 10.1. The van der Waals surface area contributed by atoms with Gasteiger partial charge in [0, 0.05) is 12.6 Å². The quantitative estimate of drug-likeness (QED) is 0.744. The van der Waals surface area contributed by atoms with Crippen LogP contribution in [-0.4, -0.2) is 37.1 Å². The van der Waals surface area contributed by atoms with Crippen LogP contribution in [0.25, 0.3) is 0 Å². The first-order valence-electron chi connectivity index (χ1n) is 7.39. The zero-order valence-corrected chi connectivity index (χ0v) is 11.6. The van der Waals surface area contributed by atoms with Gasteiger partial charge in [-0.25, -0.2) is 0 Å². The molecular weight excluding hydrogens is 220 g/mol. The summed E-state index contributed by atoms with van der Waals surface area (Å²) in [6.45, 7) is 7.13. The molecule has 2 nitrogen and oxygen atoms in total. The average molecular weight is 246 g/mol. The van der Waals surface area contributed by atoms with Crippen molar-refractivity contribution in [3.63, 3.8) is 0 Å². The predicted molar refractivity (Wildman–Crippen MR) is 77.9 cm³/mol. The lowest BCUT2D eigenvalue weighted by Gasteiger charge is -2.26. The second kappa shape index (κ2) is 7.55. The molecule has 1 heterocycles. The molecular formula is C16H26N2. The van der Waals surface area contributed by atoms with E-state index in [-0.39, 0.29) is 0 Å². The van der Waals surface area contributed by atoms with E-state index in [1.807, 2.05) is 0 Å². The molecule has 1 aliphatic heterocycles. The van der Waals surface area contributed by atoms with Gasteiger partial charge < -0.3 is 5.32 Å². The van der Waals surface area contributed by atoms with Crippen molar-refractivity contribution in [2.24, 2.45) is 0 Å². The molecule has 1 aromatic carbocycles. The number of benzene rings is 1. The summed E-state index contributed by atoms with van der Waals surface area (Å²) in [4.78, 5) is 2.64. The van der Waals surface area contributed by atoms with Gasteiger partial charge in [0.25, 0.3) is 0 Å². The Labute approximate surface area is 111 Å². The number of aryl methyl sites for hydroxylation is 1. The van der Waals surface area contributed by atoms with E-state index in [0.717, 1.165) is 6.04 Å². The molecule has 0 radical (unpaired) electrons. The minimum Gasteiger partial charge on any atom is -0.315 e. The van der Waals surface area contributed by atoms with Crippen LogP contribution >= 0.6 is 0 Å². The maximum atomic E-state index is 3.46. The van der Waals surface area contributed by atoms with Gasteiger partial charge in [-0.2, -0.15) is 0 Å². The van der Waals surface area contributed by atoms with Gasteiger partial charge in [0.05, 0.1) is 0 Å². The Bertz CT molecular complexity index is 317. The first-order chi connectivity index (χ1) is 8.90. The van der Waals surface area contributed by atoms with Crippen molar-refractivity contribution in [2.45, 2.75) is 38.6 Å². The molecule has 1 N–H and O–H groups in total. The largest absolute Gasteiger partial charge is 0.315 e. The minimum atomic E-state index is 0.784. The number of unbranched alkanes of at least 4 members (excludes halogenated alkanes) is 1. The maximum absolute atomic E-state index is 3.46. The van der Waals surface area contributed by atoms with Crippen LogP contribution < -0.4 is 5.32 Å². The van der Waals surface area contributed by atoms with Crippen LogP contribution in [0.2, 0.25) is 0 Å². The highest BCUT2D eigenvalue weighted by atomic mass is 15.2. The van der Waals surface area contributed by atoms with E-state index in [4.69, 9.17) is 0 Å². The van der Waals surface area contributed by atoms with Crippen molar-refractivity contribution >= 4 is 0 Å². The van der Waals surface area contributed by atoms with E-state index >= 15 is 0 Å². The van der Waals surface area contributed by atoms with Crippen LogP contribution in [0, 0.1) is 0 Å². The summed E-state index contributed by atoms with van der Waals surface area (Å²) in [5, 5.41) is 3.46. The Kier molecular flexibility index (Phi) is 5.69. The smallest absolute Gasteiger partial charge is 0.0232 e. The van der Waals surface area contributed by atoms with Crippen molar-refractivity contribution in [3.8, 4) is 0 Å². The third kappa shape index (κ3) is 4.11. The van der Waals surface area contributed by atoms with Gasteiger partial charge in [-0.3, -0.25) is 4.90 Å². The van der Waals surface area contributed by atoms with Crippen LogP contribution in [0.1, 0.15) is 31.7 Å². The van der Waals surface area contributed by atoms with Crippen LogP contribution in [0.5, 0.6) is 0 Å². The Morgan fingerprint density at radius 3 is 2.72 bits per heavy atom. The lowest BCUT2D eigenvalue weighted by Crippen LogP contribution is -2.37. The first-order valence-corrected chi connectivity index (χ1v) is 7.39. The normalized spacial score (nSPS) is 19.6. The van der Waals surface area contributed by atoms with Gasteiger partial charge in [-0.1, -0.05) is 37.3 Å². The van der Waals surface area contributed by atoms with Crippen molar-refractivity contribution < 1.29 is 0 Å². The van der Waals surface area contributed by atoms with Gasteiger partial charge in [0.2, 0.25) is 0 Å². The van der Waals surface area contributed by atoms with Crippen LogP contribution in [0.3, 0.4) is 0 Å². The number of likely N-dealkylation sites (N-methyl/N-ethyl adjacent to an activating group) is 1. The maximum Gasteiger partial charge on any atom is 0.0232 e.